The molecule has 2 saturated heterocycles. The van der Waals surface area contributed by atoms with Crippen molar-refractivity contribution in [2.75, 3.05) is 46.5 Å². The molecule has 6 nitrogen and oxygen atoms in total. The van der Waals surface area contributed by atoms with Gasteiger partial charge in [-0.05, 0) is 57.2 Å². The molecule has 0 radical (unpaired) electrons. The Balaban J connectivity index is 1.49. The molecule has 0 saturated carbocycles. The van der Waals surface area contributed by atoms with E-state index < -0.39 is 0 Å². The molecule has 2 aliphatic rings. The Bertz CT molecular complexity index is 688. The molecular weight excluding hydrogens is 376 g/mol. The number of nitrogens with zero attached hydrogens (tertiary/aromatic N) is 2. The first-order valence-electron chi connectivity index (χ1n) is 11.5. The quantitative estimate of drug-likeness (QED) is 0.503. The fraction of sp³-hybridized carbons (Fsp3) is 0.708. The molecule has 0 aromatic heterocycles. The zero-order valence-corrected chi connectivity index (χ0v) is 19.2. The lowest BCUT2D eigenvalue weighted by Crippen LogP contribution is -2.48. The summed E-state index contributed by atoms with van der Waals surface area (Å²) in [6, 6.07) is 6.91. The van der Waals surface area contributed by atoms with E-state index in [1.165, 1.54) is 31.5 Å². The molecule has 2 heterocycles. The van der Waals surface area contributed by atoms with Gasteiger partial charge in [0.2, 0.25) is 0 Å². The Labute approximate surface area is 182 Å². The van der Waals surface area contributed by atoms with Crippen molar-refractivity contribution in [3.05, 3.63) is 29.3 Å². The van der Waals surface area contributed by atoms with Crippen molar-refractivity contribution in [3.63, 3.8) is 0 Å². The number of guanidine groups is 1. The minimum Gasteiger partial charge on any atom is -0.493 e. The van der Waals surface area contributed by atoms with Gasteiger partial charge in [0.05, 0.1) is 13.2 Å². The largest absolute Gasteiger partial charge is 0.493 e. The van der Waals surface area contributed by atoms with Gasteiger partial charge in [-0.2, -0.15) is 0 Å². The molecule has 0 amide bonds. The standard InChI is InChI=1S/C24H40N4O2/c1-18-7-8-22(23(12-18)30-17-21-9-11-29-16-21)14-27-24(25-4)26-13-20(3)28-10-5-6-19(2)15-28/h7-8,12,19-21H,5-6,9-11,13-17H2,1-4H3,(H2,25,26,27). The highest BCUT2D eigenvalue weighted by Crippen LogP contribution is 2.23. The maximum atomic E-state index is 6.17. The number of ether oxygens (including phenoxy) is 2. The first-order chi connectivity index (χ1) is 14.5. The fourth-order valence-corrected chi connectivity index (χ4v) is 4.26. The van der Waals surface area contributed by atoms with Gasteiger partial charge < -0.3 is 20.1 Å². The molecule has 0 bridgehead atoms. The van der Waals surface area contributed by atoms with Crippen LogP contribution in [0.2, 0.25) is 0 Å². The van der Waals surface area contributed by atoms with E-state index in [1.54, 1.807) is 0 Å². The summed E-state index contributed by atoms with van der Waals surface area (Å²) in [5, 5.41) is 6.96. The summed E-state index contributed by atoms with van der Waals surface area (Å²) in [5.74, 6) is 3.09. The average Bonchev–Trinajstić information content (AvgIpc) is 3.27. The normalized spacial score (nSPS) is 23.9. The van der Waals surface area contributed by atoms with Gasteiger partial charge in [-0.25, -0.2) is 0 Å². The maximum Gasteiger partial charge on any atom is 0.191 e. The summed E-state index contributed by atoms with van der Waals surface area (Å²) in [6.45, 7) is 13.1. The monoisotopic (exact) mass is 416 g/mol. The molecule has 6 heteroatoms. The van der Waals surface area contributed by atoms with Crippen molar-refractivity contribution < 1.29 is 9.47 Å². The van der Waals surface area contributed by atoms with Crippen LogP contribution in [0.1, 0.15) is 44.2 Å². The molecule has 3 rings (SSSR count). The Hall–Kier alpha value is -1.79. The molecule has 0 aliphatic carbocycles. The summed E-state index contributed by atoms with van der Waals surface area (Å²) in [4.78, 5) is 7.00. The highest BCUT2D eigenvalue weighted by Gasteiger charge is 2.21. The second kappa shape index (κ2) is 11.6. The van der Waals surface area contributed by atoms with Gasteiger partial charge in [0.15, 0.2) is 5.96 Å². The number of likely N-dealkylation sites (tertiary alicyclic amines) is 1. The summed E-state index contributed by atoms with van der Waals surface area (Å²) in [7, 11) is 1.83. The van der Waals surface area contributed by atoms with Crippen molar-refractivity contribution >= 4 is 5.96 Å². The third-order valence-electron chi connectivity index (χ3n) is 6.27. The van der Waals surface area contributed by atoms with E-state index in [4.69, 9.17) is 9.47 Å². The zero-order chi connectivity index (χ0) is 21.3. The van der Waals surface area contributed by atoms with Crippen LogP contribution >= 0.6 is 0 Å². The van der Waals surface area contributed by atoms with Gasteiger partial charge in [-0.3, -0.25) is 9.89 Å². The Morgan fingerprint density at radius 2 is 2.20 bits per heavy atom. The maximum absolute atomic E-state index is 6.17. The highest BCUT2D eigenvalue weighted by atomic mass is 16.5. The summed E-state index contributed by atoms with van der Waals surface area (Å²) >= 11 is 0. The lowest BCUT2D eigenvalue weighted by molar-refractivity contribution is 0.139. The van der Waals surface area contributed by atoms with Crippen molar-refractivity contribution in [1.29, 1.82) is 0 Å². The van der Waals surface area contributed by atoms with E-state index in [0.29, 0.717) is 18.5 Å². The van der Waals surface area contributed by atoms with Crippen LogP contribution in [0.15, 0.2) is 23.2 Å². The van der Waals surface area contributed by atoms with E-state index in [1.807, 2.05) is 7.05 Å². The van der Waals surface area contributed by atoms with Crippen LogP contribution in [0.3, 0.4) is 0 Å². The third kappa shape index (κ3) is 6.88. The van der Waals surface area contributed by atoms with Gasteiger partial charge in [0.25, 0.3) is 0 Å². The molecule has 1 aromatic rings. The smallest absolute Gasteiger partial charge is 0.191 e. The summed E-state index contributed by atoms with van der Waals surface area (Å²) in [6.07, 6.45) is 3.75. The van der Waals surface area contributed by atoms with Crippen molar-refractivity contribution in [3.8, 4) is 5.75 Å². The number of piperidine rings is 1. The predicted molar refractivity (Wildman–Crippen MR) is 123 cm³/mol. The van der Waals surface area contributed by atoms with Crippen LogP contribution in [-0.2, 0) is 11.3 Å². The fourth-order valence-electron chi connectivity index (χ4n) is 4.26. The molecule has 3 atom stereocenters. The van der Waals surface area contributed by atoms with Crippen LogP contribution in [0.5, 0.6) is 5.75 Å². The first kappa shape index (κ1) is 22.9. The number of nitrogens with one attached hydrogen (secondary N) is 2. The molecule has 2 N–H and O–H groups in total. The Morgan fingerprint density at radius 1 is 1.33 bits per heavy atom. The first-order valence-corrected chi connectivity index (χ1v) is 11.5. The van der Waals surface area contributed by atoms with E-state index in [0.717, 1.165) is 56.0 Å². The molecule has 30 heavy (non-hydrogen) atoms. The van der Waals surface area contributed by atoms with Crippen LogP contribution < -0.4 is 15.4 Å². The van der Waals surface area contributed by atoms with Crippen LogP contribution in [0, 0.1) is 18.8 Å². The Morgan fingerprint density at radius 3 is 2.93 bits per heavy atom. The van der Waals surface area contributed by atoms with Crippen LogP contribution in [0.25, 0.3) is 0 Å². The second-order valence-corrected chi connectivity index (χ2v) is 9.05. The van der Waals surface area contributed by atoms with E-state index in [-0.39, 0.29) is 0 Å². The van der Waals surface area contributed by atoms with Gasteiger partial charge in [-0.1, -0.05) is 19.1 Å². The number of hydrogen-bond donors (Lipinski definition) is 2. The molecule has 1 aromatic carbocycles. The molecule has 2 aliphatic heterocycles. The lowest BCUT2D eigenvalue weighted by Gasteiger charge is -2.35. The second-order valence-electron chi connectivity index (χ2n) is 9.05. The van der Waals surface area contributed by atoms with Gasteiger partial charge in [-0.15, -0.1) is 0 Å². The number of aryl methyl sites for hydroxylation is 1. The molecule has 3 unspecified atom stereocenters. The molecular formula is C24H40N4O2. The number of rotatable bonds is 8. The minimum absolute atomic E-state index is 0.498. The van der Waals surface area contributed by atoms with Gasteiger partial charge >= 0.3 is 0 Å². The number of aliphatic imine (C=N–C) groups is 1. The minimum atomic E-state index is 0.498. The van der Waals surface area contributed by atoms with Crippen molar-refractivity contribution in [2.24, 2.45) is 16.8 Å². The van der Waals surface area contributed by atoms with E-state index >= 15 is 0 Å². The van der Waals surface area contributed by atoms with Gasteiger partial charge in [0, 0.05) is 50.8 Å². The molecule has 2 fully saturated rings. The lowest BCUT2D eigenvalue weighted by atomic mass is 9.99. The third-order valence-corrected chi connectivity index (χ3v) is 6.27. The molecule has 168 valence electrons. The average molecular weight is 417 g/mol. The highest BCUT2D eigenvalue weighted by molar-refractivity contribution is 5.79. The predicted octanol–water partition coefficient (Wildman–Crippen LogP) is 3.20. The topological polar surface area (TPSA) is 58.1 Å². The van der Waals surface area contributed by atoms with Crippen molar-refractivity contribution in [2.45, 2.75) is 52.6 Å². The Kier molecular flexibility index (Phi) is 8.82. The van der Waals surface area contributed by atoms with E-state index in [9.17, 15) is 0 Å². The van der Waals surface area contributed by atoms with Gasteiger partial charge in [0.1, 0.15) is 5.75 Å². The van der Waals surface area contributed by atoms with Crippen molar-refractivity contribution in [1.82, 2.24) is 15.5 Å². The molecule has 0 spiro atoms. The summed E-state index contributed by atoms with van der Waals surface area (Å²) in [5.41, 5.74) is 2.36. The van der Waals surface area contributed by atoms with Crippen LogP contribution in [-0.4, -0.2) is 63.4 Å². The zero-order valence-electron chi connectivity index (χ0n) is 19.2. The number of benzene rings is 1. The summed E-state index contributed by atoms with van der Waals surface area (Å²) < 4.78 is 11.6. The SMILES string of the molecule is CN=C(NCc1ccc(C)cc1OCC1CCOC1)NCC(C)N1CCCC(C)C1. The van der Waals surface area contributed by atoms with E-state index in [2.05, 4.69) is 59.5 Å². The number of hydrogen-bond acceptors (Lipinski definition) is 4. The van der Waals surface area contributed by atoms with Crippen LogP contribution in [0.4, 0.5) is 0 Å².